The number of benzene rings is 1. The van der Waals surface area contributed by atoms with Gasteiger partial charge in [-0.2, -0.15) is 13.2 Å². The van der Waals surface area contributed by atoms with Crippen molar-refractivity contribution in [2.75, 3.05) is 11.5 Å². The first-order valence-corrected chi connectivity index (χ1v) is 7.94. The molecule has 2 N–H and O–H groups in total. The van der Waals surface area contributed by atoms with Gasteiger partial charge in [-0.05, 0) is 44.4 Å². The lowest BCUT2D eigenvalue weighted by atomic mass is 10.1. The first-order chi connectivity index (χ1) is 11.3. The molecule has 0 amide bonds. The lowest BCUT2D eigenvalue weighted by molar-refractivity contribution is -0.136. The summed E-state index contributed by atoms with van der Waals surface area (Å²) in [7, 11) is 0. The SMILES string of the molecule is CC1CCC(CCO)N1c1ccc2[nH]c(=O)cc(C(F)(F)F)c2c1. The fraction of sp³-hybridized carbons (Fsp3) is 0.471. The Morgan fingerprint density at radius 1 is 1.29 bits per heavy atom. The second-order valence-corrected chi connectivity index (χ2v) is 6.27. The van der Waals surface area contributed by atoms with Crippen molar-refractivity contribution >= 4 is 16.6 Å². The molecular formula is C17H19F3N2O2. The number of aliphatic hydroxyl groups is 1. The van der Waals surface area contributed by atoms with E-state index in [4.69, 9.17) is 0 Å². The summed E-state index contributed by atoms with van der Waals surface area (Å²) in [5, 5.41) is 9.20. The monoisotopic (exact) mass is 340 g/mol. The van der Waals surface area contributed by atoms with Gasteiger partial charge in [0.05, 0.1) is 5.56 Å². The van der Waals surface area contributed by atoms with E-state index >= 15 is 0 Å². The van der Waals surface area contributed by atoms with Gasteiger partial charge in [0, 0.05) is 41.3 Å². The van der Waals surface area contributed by atoms with E-state index in [9.17, 15) is 23.1 Å². The average Bonchev–Trinajstić information content (AvgIpc) is 2.86. The maximum absolute atomic E-state index is 13.3. The van der Waals surface area contributed by atoms with E-state index in [1.54, 1.807) is 6.07 Å². The van der Waals surface area contributed by atoms with Gasteiger partial charge in [-0.1, -0.05) is 0 Å². The van der Waals surface area contributed by atoms with Crippen molar-refractivity contribution in [1.82, 2.24) is 4.98 Å². The Morgan fingerprint density at radius 2 is 2.04 bits per heavy atom. The predicted octanol–water partition coefficient (Wildman–Crippen LogP) is 3.29. The topological polar surface area (TPSA) is 56.3 Å². The fourth-order valence-corrected chi connectivity index (χ4v) is 3.61. The number of hydrogen-bond donors (Lipinski definition) is 2. The molecule has 0 spiro atoms. The van der Waals surface area contributed by atoms with Gasteiger partial charge in [0.15, 0.2) is 0 Å². The molecule has 2 atom stereocenters. The first-order valence-electron chi connectivity index (χ1n) is 7.94. The van der Waals surface area contributed by atoms with Crippen molar-refractivity contribution in [3.8, 4) is 0 Å². The maximum atomic E-state index is 13.3. The van der Waals surface area contributed by atoms with Gasteiger partial charge in [0.25, 0.3) is 0 Å². The Bertz CT molecular complexity index is 799. The molecule has 1 aliphatic heterocycles. The number of pyridine rings is 1. The normalized spacial score (nSPS) is 21.6. The summed E-state index contributed by atoms with van der Waals surface area (Å²) < 4.78 is 39.8. The Labute approximate surface area is 136 Å². The molecule has 0 bridgehead atoms. The first kappa shape index (κ1) is 16.8. The number of hydrogen-bond acceptors (Lipinski definition) is 3. The van der Waals surface area contributed by atoms with E-state index in [0.29, 0.717) is 18.2 Å². The Kier molecular flexibility index (Phi) is 4.29. The Balaban J connectivity index is 2.14. The molecule has 1 aromatic carbocycles. The zero-order chi connectivity index (χ0) is 17.5. The standard InChI is InChI=1S/C17H19F3N2O2/c1-10-2-3-11(6-7-23)22(10)12-4-5-15-13(8-12)14(17(18,19)20)9-16(24)21-15/h4-5,8-11,23H,2-3,6-7H2,1H3,(H,21,24). The molecule has 24 heavy (non-hydrogen) atoms. The average molecular weight is 340 g/mol. The third kappa shape index (κ3) is 3.00. The number of aliphatic hydroxyl groups excluding tert-OH is 1. The number of nitrogens with zero attached hydrogens (tertiary/aromatic N) is 1. The zero-order valence-corrected chi connectivity index (χ0v) is 13.2. The van der Waals surface area contributed by atoms with E-state index in [-0.39, 0.29) is 29.6 Å². The van der Waals surface area contributed by atoms with Gasteiger partial charge in [-0.3, -0.25) is 4.79 Å². The zero-order valence-electron chi connectivity index (χ0n) is 13.2. The van der Waals surface area contributed by atoms with Crippen LogP contribution in [0.5, 0.6) is 0 Å². The van der Waals surface area contributed by atoms with Crippen LogP contribution in [-0.2, 0) is 6.18 Å². The van der Waals surface area contributed by atoms with Gasteiger partial charge in [0.2, 0.25) is 5.56 Å². The summed E-state index contributed by atoms with van der Waals surface area (Å²) in [5.41, 5.74) is -0.837. The maximum Gasteiger partial charge on any atom is 0.417 e. The summed E-state index contributed by atoms with van der Waals surface area (Å²) in [4.78, 5) is 16.0. The number of aromatic nitrogens is 1. The minimum Gasteiger partial charge on any atom is -0.396 e. The van der Waals surface area contributed by atoms with E-state index in [1.165, 1.54) is 12.1 Å². The van der Waals surface area contributed by atoms with Crippen molar-refractivity contribution in [3.63, 3.8) is 0 Å². The highest BCUT2D eigenvalue weighted by Crippen LogP contribution is 2.37. The highest BCUT2D eigenvalue weighted by molar-refractivity contribution is 5.86. The summed E-state index contributed by atoms with van der Waals surface area (Å²) in [5.74, 6) is 0. The fourth-order valence-electron chi connectivity index (χ4n) is 3.61. The molecule has 1 saturated heterocycles. The van der Waals surface area contributed by atoms with Crippen molar-refractivity contribution in [2.24, 2.45) is 0 Å². The third-order valence-electron chi connectivity index (χ3n) is 4.68. The largest absolute Gasteiger partial charge is 0.417 e. The predicted molar refractivity (Wildman–Crippen MR) is 86.2 cm³/mol. The van der Waals surface area contributed by atoms with E-state index < -0.39 is 17.3 Å². The third-order valence-corrected chi connectivity index (χ3v) is 4.68. The molecule has 0 aliphatic carbocycles. The van der Waals surface area contributed by atoms with Crippen LogP contribution in [0.1, 0.15) is 31.7 Å². The quantitative estimate of drug-likeness (QED) is 0.901. The Morgan fingerprint density at radius 3 is 2.71 bits per heavy atom. The number of anilines is 1. The number of alkyl halides is 3. The molecule has 130 valence electrons. The number of aromatic amines is 1. The highest BCUT2D eigenvalue weighted by atomic mass is 19.4. The highest BCUT2D eigenvalue weighted by Gasteiger charge is 2.34. The minimum absolute atomic E-state index is 0.0125. The van der Waals surface area contributed by atoms with Crippen LogP contribution in [0.15, 0.2) is 29.1 Å². The molecule has 0 saturated carbocycles. The van der Waals surface area contributed by atoms with Gasteiger partial charge >= 0.3 is 6.18 Å². The minimum atomic E-state index is -4.59. The van der Waals surface area contributed by atoms with Crippen LogP contribution in [-0.4, -0.2) is 28.8 Å². The van der Waals surface area contributed by atoms with Gasteiger partial charge in [0.1, 0.15) is 0 Å². The van der Waals surface area contributed by atoms with E-state index in [2.05, 4.69) is 9.88 Å². The molecule has 2 aromatic rings. The lowest BCUT2D eigenvalue weighted by Gasteiger charge is -2.31. The number of H-pyrrole nitrogens is 1. The summed E-state index contributed by atoms with van der Waals surface area (Å²) in [6.07, 6.45) is -2.18. The van der Waals surface area contributed by atoms with Gasteiger partial charge < -0.3 is 15.0 Å². The number of halogens is 3. The van der Waals surface area contributed by atoms with Crippen LogP contribution in [0.25, 0.3) is 10.9 Å². The van der Waals surface area contributed by atoms with Crippen molar-refractivity contribution < 1.29 is 18.3 Å². The van der Waals surface area contributed by atoms with E-state index in [1.807, 2.05) is 6.92 Å². The molecule has 1 aromatic heterocycles. The van der Waals surface area contributed by atoms with E-state index in [0.717, 1.165) is 12.8 Å². The Hall–Kier alpha value is -2.02. The number of rotatable bonds is 3. The number of fused-ring (bicyclic) bond motifs is 1. The molecule has 2 unspecified atom stereocenters. The molecule has 1 fully saturated rings. The smallest absolute Gasteiger partial charge is 0.396 e. The lowest BCUT2D eigenvalue weighted by Crippen LogP contribution is -2.35. The summed E-state index contributed by atoms with van der Waals surface area (Å²) >= 11 is 0. The van der Waals surface area contributed by atoms with Gasteiger partial charge in [-0.15, -0.1) is 0 Å². The van der Waals surface area contributed by atoms with Crippen LogP contribution in [0, 0.1) is 0 Å². The molecule has 4 nitrogen and oxygen atoms in total. The van der Waals surface area contributed by atoms with Crippen LogP contribution in [0.3, 0.4) is 0 Å². The summed E-state index contributed by atoms with van der Waals surface area (Å²) in [6, 6.07) is 5.63. The van der Waals surface area contributed by atoms with Crippen molar-refractivity contribution in [2.45, 2.75) is 44.4 Å². The van der Waals surface area contributed by atoms with Crippen molar-refractivity contribution in [3.05, 3.63) is 40.2 Å². The van der Waals surface area contributed by atoms with Crippen LogP contribution in [0.2, 0.25) is 0 Å². The second-order valence-electron chi connectivity index (χ2n) is 6.27. The molecule has 3 rings (SSSR count). The van der Waals surface area contributed by atoms with Crippen LogP contribution in [0.4, 0.5) is 18.9 Å². The summed E-state index contributed by atoms with van der Waals surface area (Å²) in [6.45, 7) is 2.07. The van der Waals surface area contributed by atoms with Crippen molar-refractivity contribution in [1.29, 1.82) is 0 Å². The molecule has 7 heteroatoms. The van der Waals surface area contributed by atoms with Gasteiger partial charge in [-0.25, -0.2) is 0 Å². The molecule has 0 radical (unpaired) electrons. The second kappa shape index (κ2) is 6.12. The van der Waals surface area contributed by atoms with Crippen LogP contribution >= 0.6 is 0 Å². The van der Waals surface area contributed by atoms with Crippen LogP contribution < -0.4 is 10.5 Å². The molecular weight excluding hydrogens is 321 g/mol. The molecule has 2 heterocycles. The number of nitrogens with one attached hydrogen (secondary N) is 1. The molecule has 1 aliphatic rings.